The van der Waals surface area contributed by atoms with Crippen molar-refractivity contribution in [2.75, 3.05) is 0 Å². The van der Waals surface area contributed by atoms with Crippen molar-refractivity contribution in [3.05, 3.63) is 65.7 Å². The van der Waals surface area contributed by atoms with Crippen LogP contribution < -0.4 is 4.57 Å². The largest absolute Gasteiger partial charge is 0.213 e. The quantitative estimate of drug-likeness (QED) is 0.594. The molecular formula is C20H22N+. The van der Waals surface area contributed by atoms with Crippen LogP contribution >= 0.6 is 0 Å². The molecule has 0 aliphatic carbocycles. The van der Waals surface area contributed by atoms with Crippen LogP contribution in [0.3, 0.4) is 0 Å². The summed E-state index contributed by atoms with van der Waals surface area (Å²) in [5.74, 6) is 0.523. The Morgan fingerprint density at radius 1 is 0.857 bits per heavy atom. The van der Waals surface area contributed by atoms with Crippen LogP contribution in [0.4, 0.5) is 0 Å². The van der Waals surface area contributed by atoms with Gasteiger partial charge in [0.15, 0.2) is 0 Å². The molecule has 3 rings (SSSR count). The Balaban J connectivity index is 2.30. The zero-order chi connectivity index (χ0) is 15.0. The lowest BCUT2D eigenvalue weighted by Crippen LogP contribution is -2.32. The molecule has 2 aromatic carbocycles. The van der Waals surface area contributed by atoms with Gasteiger partial charge in [-0.2, -0.15) is 4.57 Å². The highest BCUT2D eigenvalue weighted by molar-refractivity contribution is 5.81. The fourth-order valence-corrected chi connectivity index (χ4v) is 3.08. The van der Waals surface area contributed by atoms with Crippen LogP contribution in [-0.2, 0) is 7.05 Å². The van der Waals surface area contributed by atoms with E-state index in [-0.39, 0.29) is 0 Å². The number of hydrogen-bond donors (Lipinski definition) is 0. The summed E-state index contributed by atoms with van der Waals surface area (Å²) in [5, 5.41) is 1.32. The molecule has 0 N–H and O–H groups in total. The van der Waals surface area contributed by atoms with E-state index in [2.05, 4.69) is 87.0 Å². The first kappa shape index (κ1) is 13.8. The van der Waals surface area contributed by atoms with E-state index in [0.717, 1.165) is 0 Å². The summed E-state index contributed by atoms with van der Waals surface area (Å²) in [6.07, 6.45) is 0. The minimum absolute atomic E-state index is 0.523. The topological polar surface area (TPSA) is 3.88 Å². The van der Waals surface area contributed by atoms with E-state index in [4.69, 9.17) is 0 Å². The lowest BCUT2D eigenvalue weighted by molar-refractivity contribution is -0.633. The molecule has 1 heterocycles. The van der Waals surface area contributed by atoms with Gasteiger partial charge in [-0.15, -0.1) is 0 Å². The Bertz CT molecular complexity index is 800. The Morgan fingerprint density at radius 3 is 2.38 bits per heavy atom. The van der Waals surface area contributed by atoms with E-state index in [1.165, 1.54) is 33.3 Å². The number of aromatic nitrogens is 1. The minimum atomic E-state index is 0.523. The first-order valence-electron chi connectivity index (χ1n) is 7.57. The molecule has 0 fully saturated rings. The highest BCUT2D eigenvalue weighted by Gasteiger charge is 2.18. The zero-order valence-corrected chi connectivity index (χ0v) is 13.2. The van der Waals surface area contributed by atoms with Crippen LogP contribution in [0.2, 0.25) is 0 Å². The van der Waals surface area contributed by atoms with Crippen molar-refractivity contribution in [2.24, 2.45) is 7.05 Å². The predicted octanol–water partition coefficient (Wildman–Crippen LogP) is 4.76. The maximum absolute atomic E-state index is 2.31. The molecule has 106 valence electrons. The Morgan fingerprint density at radius 2 is 1.62 bits per heavy atom. The summed E-state index contributed by atoms with van der Waals surface area (Å²) in [5.41, 5.74) is 6.62. The minimum Gasteiger partial charge on any atom is -0.194 e. The Hall–Kier alpha value is -2.15. The lowest BCUT2D eigenvalue weighted by atomic mass is 9.94. The third kappa shape index (κ3) is 2.33. The summed E-state index contributed by atoms with van der Waals surface area (Å²) in [6, 6.07) is 19.7. The van der Waals surface area contributed by atoms with Crippen molar-refractivity contribution >= 4 is 10.9 Å². The second-order valence-electron chi connectivity index (χ2n) is 6.03. The van der Waals surface area contributed by atoms with E-state index in [0.29, 0.717) is 5.92 Å². The number of aryl methyl sites for hydroxylation is 2. The van der Waals surface area contributed by atoms with Gasteiger partial charge in [0.2, 0.25) is 11.2 Å². The average molecular weight is 276 g/mol. The zero-order valence-electron chi connectivity index (χ0n) is 13.2. The number of pyridine rings is 1. The third-order valence-electron chi connectivity index (χ3n) is 4.29. The first-order chi connectivity index (χ1) is 10.1. The SMILES string of the molecule is Cc1cccc2c1ccc(-c1ccccc1C(C)C)[n+]2C. The van der Waals surface area contributed by atoms with Gasteiger partial charge in [0.05, 0.1) is 0 Å². The predicted molar refractivity (Wildman–Crippen MR) is 89.4 cm³/mol. The number of nitrogens with zero attached hydrogens (tertiary/aromatic N) is 1. The molecule has 0 atom stereocenters. The van der Waals surface area contributed by atoms with E-state index in [9.17, 15) is 0 Å². The fourth-order valence-electron chi connectivity index (χ4n) is 3.08. The molecular weight excluding hydrogens is 254 g/mol. The molecule has 0 aliphatic heterocycles. The van der Waals surface area contributed by atoms with E-state index >= 15 is 0 Å². The molecule has 0 saturated carbocycles. The standard InChI is InChI=1S/C20H22N/c1-14(2)16-9-5-6-10-18(16)20-13-12-17-15(3)8-7-11-19(17)21(20)4/h5-14H,1-4H3/q+1. The van der Waals surface area contributed by atoms with Crippen molar-refractivity contribution < 1.29 is 4.57 Å². The van der Waals surface area contributed by atoms with Crippen molar-refractivity contribution in [1.29, 1.82) is 0 Å². The van der Waals surface area contributed by atoms with Crippen LogP contribution in [0, 0.1) is 6.92 Å². The highest BCUT2D eigenvalue weighted by Crippen LogP contribution is 2.28. The molecule has 0 saturated heterocycles. The maximum Gasteiger partial charge on any atom is 0.213 e. The molecule has 1 heteroatoms. The van der Waals surface area contributed by atoms with Crippen LogP contribution in [0.5, 0.6) is 0 Å². The molecule has 0 bridgehead atoms. The normalized spacial score (nSPS) is 11.3. The molecule has 0 spiro atoms. The van der Waals surface area contributed by atoms with Crippen LogP contribution in [0.25, 0.3) is 22.2 Å². The Kier molecular flexibility index (Phi) is 3.50. The summed E-state index contributed by atoms with van der Waals surface area (Å²) in [6.45, 7) is 6.68. The summed E-state index contributed by atoms with van der Waals surface area (Å²) >= 11 is 0. The summed E-state index contributed by atoms with van der Waals surface area (Å²) in [7, 11) is 2.16. The van der Waals surface area contributed by atoms with E-state index in [1.807, 2.05) is 0 Å². The van der Waals surface area contributed by atoms with Crippen molar-refractivity contribution in [3.8, 4) is 11.3 Å². The number of benzene rings is 2. The van der Waals surface area contributed by atoms with E-state index in [1.54, 1.807) is 0 Å². The summed E-state index contributed by atoms with van der Waals surface area (Å²) < 4.78 is 2.31. The van der Waals surface area contributed by atoms with Gasteiger partial charge in [-0.1, -0.05) is 44.2 Å². The highest BCUT2D eigenvalue weighted by atomic mass is 14.9. The monoisotopic (exact) mass is 276 g/mol. The van der Waals surface area contributed by atoms with Gasteiger partial charge in [-0.05, 0) is 36.1 Å². The van der Waals surface area contributed by atoms with Crippen molar-refractivity contribution in [1.82, 2.24) is 0 Å². The molecule has 21 heavy (non-hydrogen) atoms. The number of rotatable bonds is 2. The second kappa shape index (κ2) is 5.33. The number of hydrogen-bond acceptors (Lipinski definition) is 0. The number of fused-ring (bicyclic) bond motifs is 1. The Labute approximate surface area is 126 Å². The molecule has 0 aliphatic rings. The van der Waals surface area contributed by atoms with Gasteiger partial charge >= 0.3 is 0 Å². The second-order valence-corrected chi connectivity index (χ2v) is 6.03. The van der Waals surface area contributed by atoms with Crippen LogP contribution in [-0.4, -0.2) is 0 Å². The lowest BCUT2D eigenvalue weighted by Gasteiger charge is -2.12. The van der Waals surface area contributed by atoms with Gasteiger partial charge in [-0.25, -0.2) is 0 Å². The molecule has 0 unspecified atom stereocenters. The van der Waals surface area contributed by atoms with Crippen molar-refractivity contribution in [3.63, 3.8) is 0 Å². The smallest absolute Gasteiger partial charge is 0.194 e. The molecule has 1 nitrogen and oxygen atoms in total. The van der Waals surface area contributed by atoms with Crippen LogP contribution in [0.1, 0.15) is 30.9 Å². The molecule has 3 aromatic rings. The van der Waals surface area contributed by atoms with Crippen molar-refractivity contribution in [2.45, 2.75) is 26.7 Å². The van der Waals surface area contributed by atoms with E-state index < -0.39 is 0 Å². The van der Waals surface area contributed by atoms with Gasteiger partial charge in [0, 0.05) is 23.1 Å². The van der Waals surface area contributed by atoms with Gasteiger partial charge in [0.1, 0.15) is 7.05 Å². The van der Waals surface area contributed by atoms with Gasteiger partial charge in [0.25, 0.3) is 0 Å². The molecule has 1 aromatic heterocycles. The third-order valence-corrected chi connectivity index (χ3v) is 4.29. The average Bonchev–Trinajstić information content (AvgIpc) is 2.48. The van der Waals surface area contributed by atoms with Crippen LogP contribution in [0.15, 0.2) is 54.6 Å². The molecule has 0 amide bonds. The van der Waals surface area contributed by atoms with Gasteiger partial charge < -0.3 is 0 Å². The first-order valence-corrected chi connectivity index (χ1v) is 7.57. The fraction of sp³-hybridized carbons (Fsp3) is 0.250. The summed E-state index contributed by atoms with van der Waals surface area (Å²) in [4.78, 5) is 0. The maximum atomic E-state index is 2.31. The van der Waals surface area contributed by atoms with Gasteiger partial charge in [-0.3, -0.25) is 0 Å². The molecule has 0 radical (unpaired) electrons.